The maximum Gasteiger partial charge on any atom is 0.335 e. The van der Waals surface area contributed by atoms with Crippen LogP contribution in [0.5, 0.6) is 0 Å². The fourth-order valence-electron chi connectivity index (χ4n) is 0.891. The minimum absolute atomic E-state index is 0.563. The highest BCUT2D eigenvalue weighted by molar-refractivity contribution is 5.75. The molecule has 4 unspecified atom stereocenters. The molecule has 0 heterocycles. The number of hydrogen-bond acceptors (Lipinski definition) is 9. The normalized spacial score (nSPS) is 15.3. The third kappa shape index (κ3) is 11.0. The van der Waals surface area contributed by atoms with Crippen molar-refractivity contribution in [3.63, 3.8) is 0 Å². The van der Waals surface area contributed by atoms with Gasteiger partial charge >= 0.3 is 23.9 Å². The molecule has 0 aromatic carbocycles. The van der Waals surface area contributed by atoms with E-state index >= 15 is 0 Å². The van der Waals surface area contributed by atoms with E-state index in [9.17, 15) is 19.2 Å². The first-order chi connectivity index (χ1) is 10.4. The number of rotatable bonds is 9. The molecule has 0 aromatic rings. The summed E-state index contributed by atoms with van der Waals surface area (Å²) >= 11 is 0. The maximum atomic E-state index is 10.1. The van der Waals surface area contributed by atoms with Crippen LogP contribution in [0.25, 0.3) is 0 Å². The zero-order valence-corrected chi connectivity index (χ0v) is 11.3. The lowest BCUT2D eigenvalue weighted by atomic mass is 10.0. The molecule has 0 aliphatic heterocycles. The van der Waals surface area contributed by atoms with Gasteiger partial charge in [0.25, 0.3) is 0 Å². The van der Waals surface area contributed by atoms with E-state index in [2.05, 4.69) is 4.74 Å². The Morgan fingerprint density at radius 1 is 0.652 bits per heavy atom. The van der Waals surface area contributed by atoms with E-state index < -0.39 is 61.5 Å². The van der Waals surface area contributed by atoms with Crippen LogP contribution in [0.4, 0.5) is 0 Å². The number of ether oxygens (including phenoxy) is 1. The van der Waals surface area contributed by atoms with Gasteiger partial charge in [-0.15, -0.1) is 0 Å². The molecule has 0 rings (SSSR count). The van der Waals surface area contributed by atoms with Crippen LogP contribution in [0.2, 0.25) is 0 Å². The Hall–Kier alpha value is -2.32. The van der Waals surface area contributed by atoms with Crippen LogP contribution >= 0.6 is 0 Å². The van der Waals surface area contributed by atoms with Crippen LogP contribution in [0, 0.1) is 0 Å². The summed E-state index contributed by atoms with van der Waals surface area (Å²) in [7, 11) is 0. The standard InChI is InChI=1S/C6H10O8.C4H6O5/c7-1(3(9)5(11)12)2(8)4(10)6(13)14;5-3(6)1-9-2-4(7)8/h1-4,7-10H,(H,11,12)(H,13,14);1-2H2,(H,5,6)(H,7,8). The lowest BCUT2D eigenvalue weighted by Gasteiger charge is -2.21. The number of carboxylic acid groups (broad SMARTS) is 4. The van der Waals surface area contributed by atoms with Gasteiger partial charge in [-0.3, -0.25) is 0 Å². The smallest absolute Gasteiger partial charge is 0.335 e. The van der Waals surface area contributed by atoms with Crippen molar-refractivity contribution in [3.8, 4) is 0 Å². The van der Waals surface area contributed by atoms with Crippen molar-refractivity contribution in [3.05, 3.63) is 0 Å². The average molecular weight is 344 g/mol. The molecule has 0 aliphatic rings. The van der Waals surface area contributed by atoms with E-state index in [1.165, 1.54) is 0 Å². The first-order valence-corrected chi connectivity index (χ1v) is 5.61. The van der Waals surface area contributed by atoms with E-state index in [4.69, 9.17) is 40.9 Å². The lowest BCUT2D eigenvalue weighted by molar-refractivity contribution is -0.172. The Balaban J connectivity index is 0. The minimum Gasteiger partial charge on any atom is -0.480 e. The molecule has 23 heavy (non-hydrogen) atoms. The van der Waals surface area contributed by atoms with Gasteiger partial charge in [-0.05, 0) is 0 Å². The van der Waals surface area contributed by atoms with Crippen LogP contribution in [-0.2, 0) is 23.9 Å². The summed E-state index contributed by atoms with van der Waals surface area (Å²) in [5.74, 6) is -6.02. The highest BCUT2D eigenvalue weighted by Gasteiger charge is 2.37. The van der Waals surface area contributed by atoms with Gasteiger partial charge in [0, 0.05) is 0 Å². The molecule has 13 nitrogen and oxygen atoms in total. The first-order valence-electron chi connectivity index (χ1n) is 5.61. The molecule has 0 fully saturated rings. The third-order valence-corrected chi connectivity index (χ3v) is 1.95. The first kappa shape index (κ1) is 23.0. The summed E-state index contributed by atoms with van der Waals surface area (Å²) in [5.41, 5.74) is 0. The number of aliphatic carboxylic acids is 4. The highest BCUT2D eigenvalue weighted by Crippen LogP contribution is 2.05. The highest BCUT2D eigenvalue weighted by atomic mass is 16.5. The van der Waals surface area contributed by atoms with E-state index in [1.54, 1.807) is 0 Å². The summed E-state index contributed by atoms with van der Waals surface area (Å²) in [6, 6.07) is 0. The van der Waals surface area contributed by atoms with Gasteiger partial charge in [-0.2, -0.15) is 0 Å². The number of hydrogen-bond donors (Lipinski definition) is 8. The largest absolute Gasteiger partial charge is 0.480 e. The molecule has 4 atom stereocenters. The zero-order valence-electron chi connectivity index (χ0n) is 11.3. The number of carbonyl (C=O) groups is 4. The van der Waals surface area contributed by atoms with E-state index in [1.807, 2.05) is 0 Å². The van der Waals surface area contributed by atoms with Crippen molar-refractivity contribution in [1.29, 1.82) is 0 Å². The molecule has 0 saturated carbocycles. The van der Waals surface area contributed by atoms with Crippen LogP contribution in [0.1, 0.15) is 0 Å². The van der Waals surface area contributed by atoms with Crippen LogP contribution in [0.15, 0.2) is 0 Å². The predicted octanol–water partition coefficient (Wildman–Crippen LogP) is -4.23. The van der Waals surface area contributed by atoms with Crippen molar-refractivity contribution >= 4 is 23.9 Å². The second kappa shape index (κ2) is 11.3. The van der Waals surface area contributed by atoms with Crippen molar-refractivity contribution in [2.75, 3.05) is 13.2 Å². The maximum absolute atomic E-state index is 10.1. The van der Waals surface area contributed by atoms with Crippen molar-refractivity contribution < 1.29 is 64.8 Å². The Labute approximate surface area is 127 Å². The van der Waals surface area contributed by atoms with Crippen molar-refractivity contribution in [2.24, 2.45) is 0 Å². The summed E-state index contributed by atoms with van der Waals surface area (Å²) in [5, 5.41) is 67.3. The van der Waals surface area contributed by atoms with Crippen molar-refractivity contribution in [2.45, 2.75) is 24.4 Å². The number of aliphatic hydroxyl groups excluding tert-OH is 4. The fourth-order valence-corrected chi connectivity index (χ4v) is 0.891. The molecule has 8 N–H and O–H groups in total. The quantitative estimate of drug-likeness (QED) is 0.198. The molecule has 0 amide bonds. The molecule has 134 valence electrons. The molecule has 0 spiro atoms. The number of carboxylic acids is 4. The number of aliphatic hydroxyl groups is 4. The van der Waals surface area contributed by atoms with Gasteiger partial charge in [-0.1, -0.05) is 0 Å². The third-order valence-electron chi connectivity index (χ3n) is 1.95. The average Bonchev–Trinajstić information content (AvgIpc) is 2.43. The Morgan fingerprint density at radius 3 is 1.09 bits per heavy atom. The molecular weight excluding hydrogens is 328 g/mol. The van der Waals surface area contributed by atoms with Gasteiger partial charge in [0.1, 0.15) is 25.4 Å². The minimum atomic E-state index is -2.36. The van der Waals surface area contributed by atoms with Gasteiger partial charge in [-0.25, -0.2) is 19.2 Å². The Morgan fingerprint density at radius 2 is 0.913 bits per heavy atom. The van der Waals surface area contributed by atoms with Gasteiger partial charge in [0.05, 0.1) is 0 Å². The summed E-state index contributed by atoms with van der Waals surface area (Å²) < 4.78 is 4.16. The predicted molar refractivity (Wildman–Crippen MR) is 65.4 cm³/mol. The molecule has 0 bridgehead atoms. The second-order valence-corrected chi connectivity index (χ2v) is 3.83. The summed E-state index contributed by atoms with van der Waals surface area (Å²) in [6.07, 6.45) is -9.28. The molecule has 0 aliphatic carbocycles. The molecule has 0 saturated heterocycles. The summed E-state index contributed by atoms with van der Waals surface area (Å²) in [6.45, 7) is -1.13. The molecular formula is C10H16O13. The van der Waals surface area contributed by atoms with Crippen LogP contribution in [0.3, 0.4) is 0 Å². The SMILES string of the molecule is O=C(O)C(O)C(O)C(O)C(O)C(=O)O.O=C(O)COCC(=O)O. The summed E-state index contributed by atoms with van der Waals surface area (Å²) in [4.78, 5) is 39.5. The van der Waals surface area contributed by atoms with Gasteiger partial charge in [0.15, 0.2) is 12.2 Å². The second-order valence-electron chi connectivity index (χ2n) is 3.83. The van der Waals surface area contributed by atoms with Gasteiger partial charge in [0.2, 0.25) is 0 Å². The van der Waals surface area contributed by atoms with E-state index in [0.29, 0.717) is 0 Å². The van der Waals surface area contributed by atoms with Gasteiger partial charge < -0.3 is 45.6 Å². The fraction of sp³-hybridized carbons (Fsp3) is 0.600. The molecule has 0 aromatic heterocycles. The molecule has 13 heteroatoms. The Kier molecular flexibility index (Phi) is 11.3. The van der Waals surface area contributed by atoms with E-state index in [0.717, 1.165) is 0 Å². The van der Waals surface area contributed by atoms with Crippen molar-refractivity contribution in [1.82, 2.24) is 0 Å². The topological polar surface area (TPSA) is 239 Å². The molecule has 0 radical (unpaired) electrons. The monoisotopic (exact) mass is 344 g/mol. The lowest BCUT2D eigenvalue weighted by Crippen LogP contribution is -2.49. The van der Waals surface area contributed by atoms with E-state index in [-0.39, 0.29) is 0 Å². The Bertz CT molecular complexity index is 381. The van der Waals surface area contributed by atoms with Crippen LogP contribution < -0.4 is 0 Å². The van der Waals surface area contributed by atoms with Crippen LogP contribution in [-0.4, -0.2) is 102 Å². The zero-order chi connectivity index (χ0) is 18.7.